The lowest BCUT2D eigenvalue weighted by Crippen LogP contribution is -2.35. The number of ether oxygens (including phenoxy) is 1. The third kappa shape index (κ3) is 4.32. The molecule has 1 unspecified atom stereocenters. The lowest BCUT2D eigenvalue weighted by molar-refractivity contribution is -0.122. The topological polar surface area (TPSA) is 97.0 Å². The maximum atomic E-state index is 13.6. The summed E-state index contributed by atoms with van der Waals surface area (Å²) in [7, 11) is 0. The summed E-state index contributed by atoms with van der Waals surface area (Å²) in [5, 5.41) is 17.3. The molecule has 5 rings (SSSR count). The highest BCUT2D eigenvalue weighted by molar-refractivity contribution is 6.31. The number of aromatic nitrogens is 2. The van der Waals surface area contributed by atoms with Gasteiger partial charge in [-0.25, -0.2) is 9.07 Å². The molecule has 0 saturated heterocycles. The van der Waals surface area contributed by atoms with Gasteiger partial charge in [-0.05, 0) is 48.0 Å². The number of carbonyl (C=O) groups is 2. The Hall–Kier alpha value is -4.48. The molecule has 1 amide bonds. The number of ketones is 1. The number of nitrogens with zero attached hydrogens (tertiary/aromatic N) is 3. The van der Waals surface area contributed by atoms with Crippen LogP contribution in [0.5, 0.6) is 5.75 Å². The minimum atomic E-state index is -1.62. The quantitative estimate of drug-likeness (QED) is 0.301. The summed E-state index contributed by atoms with van der Waals surface area (Å²) in [6.07, 6.45) is 0. The number of fused-ring (bicyclic) bond motifs is 3. The zero-order valence-electron chi connectivity index (χ0n) is 18.7. The molecule has 9 heteroatoms. The van der Waals surface area contributed by atoms with E-state index in [-0.39, 0.29) is 18.8 Å². The van der Waals surface area contributed by atoms with E-state index in [9.17, 15) is 19.2 Å². The highest BCUT2D eigenvalue weighted by Gasteiger charge is 2.36. The summed E-state index contributed by atoms with van der Waals surface area (Å²) in [6, 6.07) is 21.6. The summed E-state index contributed by atoms with van der Waals surface area (Å²) < 4.78 is 20.9. The van der Waals surface area contributed by atoms with E-state index >= 15 is 0 Å². The molecule has 0 radical (unpaired) electrons. The van der Waals surface area contributed by atoms with Crippen molar-refractivity contribution in [2.24, 2.45) is 5.92 Å². The van der Waals surface area contributed by atoms with E-state index in [1.807, 2.05) is 30.3 Å². The molecule has 36 heavy (non-hydrogen) atoms. The van der Waals surface area contributed by atoms with Gasteiger partial charge in [0.1, 0.15) is 23.9 Å². The average Bonchev–Trinajstić information content (AvgIpc) is 3.29. The Labute approximate surface area is 210 Å². The molecule has 1 N–H and O–H groups in total. The van der Waals surface area contributed by atoms with Gasteiger partial charge in [-0.15, -0.1) is 0 Å². The van der Waals surface area contributed by atoms with Crippen LogP contribution in [0.2, 0.25) is 5.02 Å². The molecule has 0 spiro atoms. The first-order valence-electron chi connectivity index (χ1n) is 11.0. The zero-order chi connectivity index (χ0) is 25.2. The number of rotatable bonds is 6. The zero-order valence-corrected chi connectivity index (χ0v) is 19.5. The number of benzene rings is 3. The molecule has 0 fully saturated rings. The second-order valence-corrected chi connectivity index (χ2v) is 8.56. The molecule has 4 aromatic rings. The van der Waals surface area contributed by atoms with Crippen LogP contribution in [0.15, 0.2) is 72.8 Å². The normalized spacial score (nSPS) is 12.5. The summed E-state index contributed by atoms with van der Waals surface area (Å²) in [5.41, 5.74) is 2.77. The molecule has 7 nitrogen and oxygen atoms in total. The summed E-state index contributed by atoms with van der Waals surface area (Å²) in [5.74, 6) is -2.99. The SMILES string of the molecule is N#CC(C(=O)NCc1ccccc1)C(=O)c1nn(-c2ccc(F)cc2)c2c1COc1ccc(Cl)cc1-2. The monoisotopic (exact) mass is 500 g/mol. The van der Waals surface area contributed by atoms with Crippen molar-refractivity contribution in [2.45, 2.75) is 13.2 Å². The fourth-order valence-electron chi connectivity index (χ4n) is 4.05. The van der Waals surface area contributed by atoms with E-state index in [0.717, 1.165) is 5.56 Å². The maximum absolute atomic E-state index is 13.6. The minimum absolute atomic E-state index is 0.00395. The van der Waals surface area contributed by atoms with Crippen LogP contribution in [-0.2, 0) is 17.9 Å². The van der Waals surface area contributed by atoms with Gasteiger partial charge in [0.15, 0.2) is 5.92 Å². The van der Waals surface area contributed by atoms with Crippen molar-refractivity contribution in [3.05, 3.63) is 100 Å². The van der Waals surface area contributed by atoms with Crippen LogP contribution in [-0.4, -0.2) is 21.5 Å². The molecule has 1 aliphatic rings. The van der Waals surface area contributed by atoms with Gasteiger partial charge in [-0.3, -0.25) is 9.59 Å². The van der Waals surface area contributed by atoms with Gasteiger partial charge in [-0.2, -0.15) is 10.4 Å². The van der Waals surface area contributed by atoms with E-state index in [1.54, 1.807) is 24.3 Å². The number of halogens is 2. The minimum Gasteiger partial charge on any atom is -0.488 e. The summed E-state index contributed by atoms with van der Waals surface area (Å²) >= 11 is 6.23. The van der Waals surface area contributed by atoms with Crippen LogP contribution in [0, 0.1) is 23.1 Å². The van der Waals surface area contributed by atoms with E-state index in [2.05, 4.69) is 10.4 Å². The molecular weight excluding hydrogens is 483 g/mol. The fraction of sp³-hybridized carbons (Fsp3) is 0.111. The van der Waals surface area contributed by atoms with Crippen molar-refractivity contribution < 1.29 is 18.7 Å². The number of carbonyl (C=O) groups excluding carboxylic acids is 2. The third-order valence-corrected chi connectivity index (χ3v) is 6.05. The maximum Gasteiger partial charge on any atom is 0.245 e. The molecule has 1 atom stereocenters. The molecule has 1 aromatic heterocycles. The van der Waals surface area contributed by atoms with Crippen molar-refractivity contribution in [3.63, 3.8) is 0 Å². The second-order valence-electron chi connectivity index (χ2n) is 8.12. The van der Waals surface area contributed by atoms with Crippen LogP contribution in [0.25, 0.3) is 16.9 Å². The molecule has 0 bridgehead atoms. The van der Waals surface area contributed by atoms with Crippen molar-refractivity contribution in [3.8, 4) is 28.8 Å². The smallest absolute Gasteiger partial charge is 0.245 e. The fourth-order valence-corrected chi connectivity index (χ4v) is 4.23. The Balaban J connectivity index is 1.55. The number of hydrogen-bond donors (Lipinski definition) is 1. The second kappa shape index (κ2) is 9.64. The van der Waals surface area contributed by atoms with Crippen LogP contribution < -0.4 is 10.1 Å². The third-order valence-electron chi connectivity index (χ3n) is 5.82. The van der Waals surface area contributed by atoms with Crippen molar-refractivity contribution in [2.75, 3.05) is 0 Å². The standard InChI is InChI=1S/C27H18ClFN4O3/c28-17-6-11-23-20(12-17)25-22(15-36-23)24(32-33(25)19-9-7-18(29)8-10-19)26(34)21(13-30)27(35)31-14-16-4-2-1-3-5-16/h1-12,21H,14-15H2,(H,31,35). The Morgan fingerprint density at radius 1 is 1.14 bits per heavy atom. The van der Waals surface area contributed by atoms with E-state index in [0.29, 0.717) is 33.3 Å². The Morgan fingerprint density at radius 2 is 1.89 bits per heavy atom. The van der Waals surface area contributed by atoms with Gasteiger partial charge in [0.25, 0.3) is 0 Å². The first kappa shape index (κ1) is 23.3. The van der Waals surface area contributed by atoms with Gasteiger partial charge in [0, 0.05) is 22.7 Å². The van der Waals surface area contributed by atoms with Gasteiger partial charge in [0.05, 0.1) is 17.5 Å². The molecule has 2 heterocycles. The number of nitriles is 1. The van der Waals surface area contributed by atoms with Crippen LogP contribution in [0.3, 0.4) is 0 Å². The number of amides is 1. The lowest BCUT2D eigenvalue weighted by atomic mass is 9.96. The Morgan fingerprint density at radius 3 is 2.61 bits per heavy atom. The summed E-state index contributed by atoms with van der Waals surface area (Å²) in [6.45, 7) is 0.165. The molecule has 0 aliphatic carbocycles. The van der Waals surface area contributed by atoms with E-state index in [1.165, 1.54) is 28.9 Å². The molecule has 178 valence electrons. The Kier molecular flexibility index (Phi) is 6.23. The molecule has 3 aromatic carbocycles. The summed E-state index contributed by atoms with van der Waals surface area (Å²) in [4.78, 5) is 26.3. The largest absolute Gasteiger partial charge is 0.488 e. The van der Waals surface area contributed by atoms with E-state index < -0.39 is 23.4 Å². The molecule has 0 saturated carbocycles. The molecule has 1 aliphatic heterocycles. The number of Topliss-reactive ketones (excluding diaryl/α,β-unsaturated/α-hetero) is 1. The van der Waals surface area contributed by atoms with Crippen molar-refractivity contribution >= 4 is 23.3 Å². The predicted molar refractivity (Wildman–Crippen MR) is 130 cm³/mol. The van der Waals surface area contributed by atoms with Crippen LogP contribution in [0.4, 0.5) is 4.39 Å². The van der Waals surface area contributed by atoms with Crippen LogP contribution in [0.1, 0.15) is 21.6 Å². The van der Waals surface area contributed by atoms with Gasteiger partial charge < -0.3 is 10.1 Å². The average molecular weight is 501 g/mol. The predicted octanol–water partition coefficient (Wildman–Crippen LogP) is 4.86. The first-order chi connectivity index (χ1) is 17.5. The van der Waals surface area contributed by atoms with Gasteiger partial charge in [-0.1, -0.05) is 41.9 Å². The lowest BCUT2D eigenvalue weighted by Gasteiger charge is -2.20. The number of hydrogen-bond acceptors (Lipinski definition) is 5. The Bertz CT molecular complexity index is 1510. The van der Waals surface area contributed by atoms with E-state index in [4.69, 9.17) is 16.3 Å². The highest BCUT2D eigenvalue weighted by Crippen LogP contribution is 2.41. The van der Waals surface area contributed by atoms with Crippen molar-refractivity contribution in [1.29, 1.82) is 5.26 Å². The van der Waals surface area contributed by atoms with Crippen LogP contribution >= 0.6 is 11.6 Å². The first-order valence-corrected chi connectivity index (χ1v) is 11.4. The molecular formula is C27H18ClFN4O3. The van der Waals surface area contributed by atoms with Gasteiger partial charge >= 0.3 is 0 Å². The van der Waals surface area contributed by atoms with Crippen molar-refractivity contribution in [1.82, 2.24) is 15.1 Å². The number of nitrogens with one attached hydrogen (secondary N) is 1. The van der Waals surface area contributed by atoms with Gasteiger partial charge in [0.2, 0.25) is 11.7 Å². The highest BCUT2D eigenvalue weighted by atomic mass is 35.5.